The summed E-state index contributed by atoms with van der Waals surface area (Å²) in [5.74, 6) is 1.43. The van der Waals surface area contributed by atoms with E-state index in [4.69, 9.17) is 9.47 Å². The zero-order chi connectivity index (χ0) is 16.1. The predicted octanol–water partition coefficient (Wildman–Crippen LogP) is 3.60. The summed E-state index contributed by atoms with van der Waals surface area (Å²) < 4.78 is 10.6. The molecule has 0 aliphatic heterocycles. The largest absolute Gasteiger partial charge is 0.497 e. The molecule has 0 saturated carbocycles. The van der Waals surface area contributed by atoms with Crippen molar-refractivity contribution in [1.82, 2.24) is 4.98 Å². The Hall–Kier alpha value is -2.08. The Morgan fingerprint density at radius 1 is 1.36 bits per heavy atom. The highest BCUT2D eigenvalue weighted by molar-refractivity contribution is 7.13. The van der Waals surface area contributed by atoms with Crippen LogP contribution in [0, 0.1) is 6.92 Å². The molecule has 0 fully saturated rings. The second-order valence-electron chi connectivity index (χ2n) is 5.06. The fourth-order valence-electron chi connectivity index (χ4n) is 2.20. The van der Waals surface area contributed by atoms with Crippen molar-refractivity contribution in [2.24, 2.45) is 0 Å². The van der Waals surface area contributed by atoms with E-state index in [-0.39, 0.29) is 11.8 Å². The predicted molar refractivity (Wildman–Crippen MR) is 88.1 cm³/mol. The number of anilines is 1. The molecule has 6 heteroatoms. The lowest BCUT2D eigenvalue weighted by atomic mass is 9.96. The lowest BCUT2D eigenvalue weighted by Gasteiger charge is -2.16. The van der Waals surface area contributed by atoms with Gasteiger partial charge in [0.15, 0.2) is 5.13 Å². The van der Waals surface area contributed by atoms with Crippen LogP contribution in [0.25, 0.3) is 0 Å². The Balaban J connectivity index is 2.05. The van der Waals surface area contributed by atoms with Crippen LogP contribution in [-0.2, 0) is 4.79 Å². The van der Waals surface area contributed by atoms with E-state index in [9.17, 15) is 4.79 Å². The molecule has 22 heavy (non-hydrogen) atoms. The van der Waals surface area contributed by atoms with E-state index < -0.39 is 0 Å². The zero-order valence-electron chi connectivity index (χ0n) is 13.2. The zero-order valence-corrected chi connectivity index (χ0v) is 14.0. The molecule has 1 heterocycles. The van der Waals surface area contributed by atoms with Crippen molar-refractivity contribution in [2.75, 3.05) is 19.5 Å². The number of aromatic nitrogens is 1. The summed E-state index contributed by atoms with van der Waals surface area (Å²) in [5, 5.41) is 5.37. The van der Waals surface area contributed by atoms with Gasteiger partial charge >= 0.3 is 0 Å². The van der Waals surface area contributed by atoms with E-state index in [1.807, 2.05) is 37.4 Å². The maximum atomic E-state index is 12.1. The van der Waals surface area contributed by atoms with Gasteiger partial charge in [0.05, 0.1) is 19.9 Å². The number of benzene rings is 1. The molecule has 2 rings (SSSR count). The number of nitrogens with one attached hydrogen (secondary N) is 1. The minimum Gasteiger partial charge on any atom is -0.497 e. The number of nitrogens with zero attached hydrogens (tertiary/aromatic N) is 1. The van der Waals surface area contributed by atoms with Crippen molar-refractivity contribution >= 4 is 22.4 Å². The maximum Gasteiger partial charge on any atom is 0.226 e. The summed E-state index contributed by atoms with van der Waals surface area (Å²) in [5.41, 5.74) is 1.89. The normalized spacial score (nSPS) is 11.8. The number of ether oxygens (including phenoxy) is 2. The second kappa shape index (κ2) is 7.26. The lowest BCUT2D eigenvalue weighted by molar-refractivity contribution is -0.116. The molecule has 1 aromatic heterocycles. The van der Waals surface area contributed by atoms with Crippen LogP contribution >= 0.6 is 11.3 Å². The van der Waals surface area contributed by atoms with Gasteiger partial charge in [0.1, 0.15) is 11.5 Å². The van der Waals surface area contributed by atoms with Crippen LogP contribution in [-0.4, -0.2) is 25.1 Å². The van der Waals surface area contributed by atoms with Crippen LogP contribution in [0.15, 0.2) is 23.6 Å². The van der Waals surface area contributed by atoms with Crippen LogP contribution in [0.3, 0.4) is 0 Å². The standard InChI is InChI=1S/C16H20N2O3S/c1-10(7-15(19)18-16-17-11(2)9-22-16)13-6-5-12(20-3)8-14(13)21-4/h5-6,8-10H,7H2,1-4H3,(H,17,18,19). The fourth-order valence-corrected chi connectivity index (χ4v) is 2.90. The summed E-state index contributed by atoms with van der Waals surface area (Å²) in [6.45, 7) is 3.90. The number of carbonyl (C=O) groups excluding carboxylic acids is 1. The van der Waals surface area contributed by atoms with E-state index in [0.717, 1.165) is 22.8 Å². The first-order chi connectivity index (χ1) is 10.5. The van der Waals surface area contributed by atoms with Gasteiger partial charge in [0.25, 0.3) is 0 Å². The SMILES string of the molecule is COc1ccc(C(C)CC(=O)Nc2nc(C)cs2)c(OC)c1. The number of carbonyl (C=O) groups is 1. The van der Waals surface area contributed by atoms with Crippen LogP contribution in [0.1, 0.15) is 30.5 Å². The quantitative estimate of drug-likeness (QED) is 0.883. The monoisotopic (exact) mass is 320 g/mol. The molecule has 5 nitrogen and oxygen atoms in total. The number of rotatable bonds is 6. The van der Waals surface area contributed by atoms with Crippen LogP contribution in [0.4, 0.5) is 5.13 Å². The summed E-state index contributed by atoms with van der Waals surface area (Å²) in [4.78, 5) is 16.4. The number of methoxy groups -OCH3 is 2. The molecule has 1 atom stereocenters. The molecule has 1 unspecified atom stereocenters. The summed E-state index contributed by atoms with van der Waals surface area (Å²) >= 11 is 1.43. The topological polar surface area (TPSA) is 60.5 Å². The van der Waals surface area contributed by atoms with Crippen molar-refractivity contribution in [1.29, 1.82) is 0 Å². The molecular formula is C16H20N2O3S. The minimum atomic E-state index is -0.0558. The van der Waals surface area contributed by atoms with E-state index in [0.29, 0.717) is 11.6 Å². The van der Waals surface area contributed by atoms with Gasteiger partial charge in [-0.15, -0.1) is 11.3 Å². The van der Waals surface area contributed by atoms with Crippen LogP contribution in [0.2, 0.25) is 0 Å². The highest BCUT2D eigenvalue weighted by Crippen LogP contribution is 2.32. The molecule has 0 saturated heterocycles. The molecule has 2 aromatic rings. The van der Waals surface area contributed by atoms with Crippen LogP contribution in [0.5, 0.6) is 11.5 Å². The first kappa shape index (κ1) is 16.3. The average Bonchev–Trinajstić information content (AvgIpc) is 2.91. The van der Waals surface area contributed by atoms with E-state index in [2.05, 4.69) is 10.3 Å². The number of aryl methyl sites for hydroxylation is 1. The third-order valence-corrected chi connectivity index (χ3v) is 4.20. The highest BCUT2D eigenvalue weighted by atomic mass is 32.1. The van der Waals surface area contributed by atoms with Gasteiger partial charge in [-0.2, -0.15) is 0 Å². The van der Waals surface area contributed by atoms with Crippen molar-refractivity contribution in [3.63, 3.8) is 0 Å². The molecule has 0 radical (unpaired) electrons. The molecule has 0 aliphatic rings. The van der Waals surface area contributed by atoms with Crippen molar-refractivity contribution < 1.29 is 14.3 Å². The van der Waals surface area contributed by atoms with E-state index >= 15 is 0 Å². The number of amides is 1. The Kier molecular flexibility index (Phi) is 5.38. The van der Waals surface area contributed by atoms with Crippen molar-refractivity contribution in [3.05, 3.63) is 34.8 Å². The molecule has 0 bridgehead atoms. The molecule has 1 N–H and O–H groups in total. The maximum absolute atomic E-state index is 12.1. The second-order valence-corrected chi connectivity index (χ2v) is 5.91. The Morgan fingerprint density at radius 2 is 2.14 bits per heavy atom. The van der Waals surface area contributed by atoms with Gasteiger partial charge in [-0.1, -0.05) is 13.0 Å². The Labute approximate surface area is 134 Å². The Morgan fingerprint density at radius 3 is 2.73 bits per heavy atom. The Bertz CT molecular complexity index is 655. The van der Waals surface area contributed by atoms with Gasteiger partial charge in [-0.05, 0) is 24.5 Å². The molecule has 1 amide bonds. The van der Waals surface area contributed by atoms with Gasteiger partial charge in [0, 0.05) is 17.9 Å². The smallest absolute Gasteiger partial charge is 0.226 e. The van der Waals surface area contributed by atoms with Crippen molar-refractivity contribution in [2.45, 2.75) is 26.2 Å². The van der Waals surface area contributed by atoms with Gasteiger partial charge < -0.3 is 14.8 Å². The van der Waals surface area contributed by atoms with E-state index in [1.54, 1.807) is 14.2 Å². The summed E-state index contributed by atoms with van der Waals surface area (Å²) in [6.07, 6.45) is 0.362. The summed E-state index contributed by atoms with van der Waals surface area (Å²) in [7, 11) is 3.23. The number of hydrogen-bond acceptors (Lipinski definition) is 5. The highest BCUT2D eigenvalue weighted by Gasteiger charge is 2.17. The first-order valence-electron chi connectivity index (χ1n) is 6.97. The minimum absolute atomic E-state index is 0.0296. The molecule has 1 aromatic carbocycles. The third kappa shape index (κ3) is 3.98. The van der Waals surface area contributed by atoms with E-state index in [1.165, 1.54) is 11.3 Å². The molecular weight excluding hydrogens is 300 g/mol. The summed E-state index contributed by atoms with van der Waals surface area (Å²) in [6, 6.07) is 5.63. The average molecular weight is 320 g/mol. The molecule has 118 valence electrons. The fraction of sp³-hybridized carbons (Fsp3) is 0.375. The number of hydrogen-bond donors (Lipinski definition) is 1. The first-order valence-corrected chi connectivity index (χ1v) is 7.85. The van der Waals surface area contributed by atoms with Gasteiger partial charge in [-0.25, -0.2) is 4.98 Å². The van der Waals surface area contributed by atoms with Gasteiger partial charge in [-0.3, -0.25) is 4.79 Å². The molecule has 0 spiro atoms. The lowest BCUT2D eigenvalue weighted by Crippen LogP contribution is -2.14. The van der Waals surface area contributed by atoms with Gasteiger partial charge in [0.2, 0.25) is 5.91 Å². The number of thiazole rings is 1. The van der Waals surface area contributed by atoms with Crippen LogP contribution < -0.4 is 14.8 Å². The molecule has 0 aliphatic carbocycles. The van der Waals surface area contributed by atoms with Crippen molar-refractivity contribution in [3.8, 4) is 11.5 Å². The third-order valence-electron chi connectivity index (χ3n) is 3.33.